The fraction of sp³-hybridized carbons (Fsp3) is 0.500. The summed E-state index contributed by atoms with van der Waals surface area (Å²) in [5, 5.41) is 23.3. The number of carbonyl (C=O) groups is 1. The summed E-state index contributed by atoms with van der Waals surface area (Å²) in [6.45, 7) is 3.81. The zero-order valence-corrected chi connectivity index (χ0v) is 23.9. The first kappa shape index (κ1) is 26.6. The van der Waals surface area contributed by atoms with E-state index in [1.54, 1.807) is 0 Å². The van der Waals surface area contributed by atoms with Gasteiger partial charge < -0.3 is 29.6 Å². The summed E-state index contributed by atoms with van der Waals surface area (Å²) in [5.74, 6) is 0.800. The minimum atomic E-state index is -0.977. The van der Waals surface area contributed by atoms with Crippen molar-refractivity contribution in [2.45, 2.75) is 56.5 Å². The highest BCUT2D eigenvalue weighted by Gasteiger charge is 2.49. The van der Waals surface area contributed by atoms with E-state index >= 15 is 0 Å². The summed E-state index contributed by atoms with van der Waals surface area (Å²) in [6, 6.07) is 12.2. The van der Waals surface area contributed by atoms with Gasteiger partial charge in [0.25, 0.3) is 0 Å². The summed E-state index contributed by atoms with van der Waals surface area (Å²) in [7, 11) is 2.12. The number of halogens is 1. The van der Waals surface area contributed by atoms with Crippen LogP contribution in [0.15, 0.2) is 36.4 Å². The van der Waals surface area contributed by atoms with E-state index in [-0.39, 0.29) is 6.04 Å². The molecule has 10 nitrogen and oxygen atoms in total. The van der Waals surface area contributed by atoms with Gasteiger partial charge in [-0.3, -0.25) is 4.90 Å². The maximum atomic E-state index is 11.9. The molecule has 3 fully saturated rings. The zero-order valence-electron chi connectivity index (χ0n) is 23.1. The second-order valence-corrected chi connectivity index (χ2v) is 12.2. The van der Waals surface area contributed by atoms with Crippen LogP contribution in [0, 0.1) is 0 Å². The fourth-order valence-corrected chi connectivity index (χ4v) is 7.50. The van der Waals surface area contributed by atoms with Gasteiger partial charge in [0.15, 0.2) is 0 Å². The van der Waals surface area contributed by atoms with E-state index in [9.17, 15) is 15.0 Å². The normalized spacial score (nSPS) is 26.1. The Labute approximate surface area is 244 Å². The molecule has 0 saturated carbocycles. The van der Waals surface area contributed by atoms with Crippen molar-refractivity contribution in [1.29, 1.82) is 0 Å². The van der Waals surface area contributed by atoms with Crippen LogP contribution >= 0.6 is 11.6 Å². The van der Waals surface area contributed by atoms with Crippen LogP contribution < -0.4 is 14.5 Å². The number of likely N-dealkylation sites (tertiary alicyclic amines) is 1. The minimum Gasteiger partial charge on any atom is -0.465 e. The molecule has 4 aliphatic heterocycles. The largest absolute Gasteiger partial charge is 0.465 e. The zero-order chi connectivity index (χ0) is 28.2. The van der Waals surface area contributed by atoms with Crippen LogP contribution in [0.1, 0.15) is 30.5 Å². The quantitative estimate of drug-likeness (QED) is 0.469. The number of ether oxygens (including phenoxy) is 1. The first-order valence-electron chi connectivity index (χ1n) is 14.5. The van der Waals surface area contributed by atoms with E-state index in [0.29, 0.717) is 44.7 Å². The number of benzene rings is 2. The van der Waals surface area contributed by atoms with Crippen molar-refractivity contribution in [1.82, 2.24) is 19.8 Å². The van der Waals surface area contributed by atoms with Gasteiger partial charge in [0.2, 0.25) is 0 Å². The Morgan fingerprint density at radius 1 is 1.12 bits per heavy atom. The molecule has 0 spiro atoms. The molecule has 7 rings (SSSR count). The number of amides is 1. The number of carboxylic acid groups (broad SMARTS) is 1. The number of fused-ring (bicyclic) bond motifs is 4. The number of hydrogen-bond acceptors (Lipinski definition) is 8. The standard InChI is InChI=1S/C30H35ClN6O4/c1-34-11-4-7-19(34)17-41-29-32-23-15-35(24-9-3-6-18-5-2-8-22(31)27(18)24)12-10-21(23)28(33-29)36-14-20-13-26(38)25(16-36)37(20)30(39)40/h2-3,5-6,8-9,19-20,25-26,38H,4,7,10-17H2,1H3,(H,39,40)/t19-,20+,25+,26-/m0/s1. The molecule has 5 heterocycles. The maximum Gasteiger partial charge on any atom is 0.408 e. The van der Waals surface area contributed by atoms with Crippen LogP contribution in [0.3, 0.4) is 0 Å². The predicted octanol–water partition coefficient (Wildman–Crippen LogP) is 3.62. The number of anilines is 2. The highest BCUT2D eigenvalue weighted by Crippen LogP contribution is 2.39. The van der Waals surface area contributed by atoms with E-state index in [4.69, 9.17) is 26.3 Å². The third-order valence-corrected chi connectivity index (χ3v) is 9.65. The Morgan fingerprint density at radius 3 is 2.71 bits per heavy atom. The van der Waals surface area contributed by atoms with Crippen molar-refractivity contribution < 1.29 is 19.7 Å². The van der Waals surface area contributed by atoms with E-state index in [0.717, 1.165) is 70.9 Å². The molecule has 4 aliphatic rings. The molecule has 0 aliphatic carbocycles. The summed E-state index contributed by atoms with van der Waals surface area (Å²) >= 11 is 6.68. The van der Waals surface area contributed by atoms with E-state index in [1.165, 1.54) is 4.90 Å². The number of aromatic nitrogens is 2. The van der Waals surface area contributed by atoms with Gasteiger partial charge in [0.05, 0.1) is 35.4 Å². The average Bonchev–Trinajstić information content (AvgIpc) is 3.47. The average molecular weight is 579 g/mol. The van der Waals surface area contributed by atoms with Crippen LogP contribution in [0.4, 0.5) is 16.3 Å². The number of likely N-dealkylation sites (N-methyl/N-ethyl adjacent to an activating group) is 1. The molecular weight excluding hydrogens is 544 g/mol. The van der Waals surface area contributed by atoms with Crippen molar-refractivity contribution in [3.63, 3.8) is 0 Å². The second kappa shape index (κ2) is 10.5. The Balaban J connectivity index is 1.23. The van der Waals surface area contributed by atoms with Gasteiger partial charge >= 0.3 is 12.1 Å². The molecule has 3 aromatic rings. The first-order chi connectivity index (χ1) is 19.9. The summed E-state index contributed by atoms with van der Waals surface area (Å²) in [4.78, 5) is 30.0. The molecule has 2 aromatic carbocycles. The van der Waals surface area contributed by atoms with Crippen molar-refractivity contribution in [2.24, 2.45) is 0 Å². The maximum absolute atomic E-state index is 11.9. The van der Waals surface area contributed by atoms with Gasteiger partial charge in [-0.15, -0.1) is 0 Å². The molecular formula is C30H35ClN6O4. The lowest BCUT2D eigenvalue weighted by Gasteiger charge is -2.41. The summed E-state index contributed by atoms with van der Waals surface area (Å²) < 4.78 is 6.25. The predicted molar refractivity (Wildman–Crippen MR) is 157 cm³/mol. The van der Waals surface area contributed by atoms with Gasteiger partial charge in [-0.05, 0) is 56.8 Å². The van der Waals surface area contributed by atoms with E-state index in [2.05, 4.69) is 46.0 Å². The molecule has 0 radical (unpaired) electrons. The van der Waals surface area contributed by atoms with Crippen LogP contribution in [0.25, 0.3) is 10.8 Å². The fourth-order valence-electron chi connectivity index (χ4n) is 7.22. The number of nitrogens with zero attached hydrogens (tertiary/aromatic N) is 6. The van der Waals surface area contributed by atoms with Crippen molar-refractivity contribution in [2.75, 3.05) is 49.6 Å². The summed E-state index contributed by atoms with van der Waals surface area (Å²) in [6.07, 6.45) is 1.75. The number of hydrogen-bond donors (Lipinski definition) is 2. The van der Waals surface area contributed by atoms with Crippen LogP contribution in [-0.4, -0.2) is 100 Å². The molecule has 41 heavy (non-hydrogen) atoms. The molecule has 3 saturated heterocycles. The van der Waals surface area contributed by atoms with Crippen molar-refractivity contribution in [3.05, 3.63) is 52.7 Å². The van der Waals surface area contributed by atoms with Gasteiger partial charge in [-0.25, -0.2) is 4.79 Å². The molecule has 11 heteroatoms. The third kappa shape index (κ3) is 4.71. The molecule has 1 aromatic heterocycles. The van der Waals surface area contributed by atoms with Gasteiger partial charge in [0.1, 0.15) is 12.4 Å². The lowest BCUT2D eigenvalue weighted by atomic mass is 10.0. The number of rotatable bonds is 5. The molecule has 2 bridgehead atoms. The third-order valence-electron chi connectivity index (χ3n) is 9.34. The van der Waals surface area contributed by atoms with E-state index < -0.39 is 18.2 Å². The van der Waals surface area contributed by atoms with Crippen LogP contribution in [-0.2, 0) is 13.0 Å². The first-order valence-corrected chi connectivity index (χ1v) is 14.8. The van der Waals surface area contributed by atoms with Crippen molar-refractivity contribution >= 4 is 40.0 Å². The van der Waals surface area contributed by atoms with Crippen molar-refractivity contribution in [3.8, 4) is 6.01 Å². The number of piperazine rings is 1. The molecule has 1 amide bonds. The lowest BCUT2D eigenvalue weighted by molar-refractivity contribution is 0.0866. The summed E-state index contributed by atoms with van der Waals surface area (Å²) in [5.41, 5.74) is 3.05. The van der Waals surface area contributed by atoms with Crippen LogP contribution in [0.5, 0.6) is 6.01 Å². The Kier molecular flexibility index (Phi) is 6.79. The topological polar surface area (TPSA) is 106 Å². The van der Waals surface area contributed by atoms with E-state index in [1.807, 2.05) is 12.1 Å². The van der Waals surface area contributed by atoms with Gasteiger partial charge in [0, 0.05) is 42.3 Å². The molecule has 2 N–H and O–H groups in total. The van der Waals surface area contributed by atoms with Crippen LogP contribution in [0.2, 0.25) is 5.02 Å². The number of aliphatic hydroxyl groups is 1. The second-order valence-electron chi connectivity index (χ2n) is 11.7. The lowest BCUT2D eigenvalue weighted by Crippen LogP contribution is -2.57. The monoisotopic (exact) mass is 578 g/mol. The highest BCUT2D eigenvalue weighted by molar-refractivity contribution is 6.36. The Morgan fingerprint density at radius 2 is 1.95 bits per heavy atom. The molecule has 0 unspecified atom stereocenters. The highest BCUT2D eigenvalue weighted by atomic mass is 35.5. The van der Waals surface area contributed by atoms with Gasteiger partial charge in [-0.2, -0.15) is 9.97 Å². The van der Waals surface area contributed by atoms with Gasteiger partial charge in [-0.1, -0.05) is 35.9 Å². The SMILES string of the molecule is CN1CCC[C@H]1COc1nc2c(c(N3C[C@H]4C[C@H](O)[C@@H](C3)N4C(=O)O)n1)CCN(c1cccc3cccc(Cl)c13)C2. The smallest absolute Gasteiger partial charge is 0.408 e. The number of aliphatic hydroxyl groups excluding tert-OH is 1. The Hall–Kier alpha value is -3.34. The molecule has 4 atom stereocenters. The Bertz CT molecular complexity index is 1480. The minimum absolute atomic E-state index is 0.277. The molecule has 216 valence electrons.